The molecule has 0 radical (unpaired) electrons. The molecule has 0 atom stereocenters. The highest BCUT2D eigenvalue weighted by Crippen LogP contribution is 2.27. The van der Waals surface area contributed by atoms with Crippen LogP contribution in [0.25, 0.3) is 0 Å². The van der Waals surface area contributed by atoms with E-state index in [1.54, 1.807) is 18.7 Å². The summed E-state index contributed by atoms with van der Waals surface area (Å²) in [4.78, 5) is 0. The quantitative estimate of drug-likeness (QED) is 0.782. The first-order chi connectivity index (χ1) is 8.90. The van der Waals surface area contributed by atoms with Crippen LogP contribution in [0.2, 0.25) is 5.02 Å². The first-order valence-corrected chi connectivity index (χ1v) is 6.52. The van der Waals surface area contributed by atoms with Crippen LogP contribution in [0.4, 0.5) is 8.78 Å². The molecule has 19 heavy (non-hydrogen) atoms. The van der Waals surface area contributed by atoms with Crippen LogP contribution >= 0.6 is 27.5 Å². The fourth-order valence-corrected chi connectivity index (χ4v) is 2.24. The van der Waals surface area contributed by atoms with Crippen LogP contribution in [0.15, 0.2) is 16.6 Å². The lowest BCUT2D eigenvalue weighted by molar-refractivity contribution is 0.275. The molecule has 0 spiro atoms. The molecule has 0 N–H and O–H groups in total. The molecule has 2 rings (SSSR count). The third-order valence-electron chi connectivity index (χ3n) is 2.59. The maximum Gasteiger partial charge on any atom is 0.200 e. The molecule has 0 amide bonds. The van der Waals surface area contributed by atoms with Gasteiger partial charge >= 0.3 is 0 Å². The van der Waals surface area contributed by atoms with Crippen LogP contribution in [0.3, 0.4) is 0 Å². The average molecular weight is 352 g/mol. The average Bonchev–Trinajstić information content (AvgIpc) is 2.57. The van der Waals surface area contributed by atoms with Crippen molar-refractivity contribution in [3.8, 4) is 5.75 Å². The summed E-state index contributed by atoms with van der Waals surface area (Å²) in [7, 11) is 1.70. The summed E-state index contributed by atoms with van der Waals surface area (Å²) in [5.74, 6) is -2.18. The highest BCUT2D eigenvalue weighted by atomic mass is 79.9. The zero-order valence-corrected chi connectivity index (χ0v) is 12.5. The van der Waals surface area contributed by atoms with Crippen molar-refractivity contribution < 1.29 is 13.5 Å². The summed E-state index contributed by atoms with van der Waals surface area (Å²) in [6.45, 7) is 1.76. The van der Waals surface area contributed by atoms with Gasteiger partial charge in [-0.2, -0.15) is 9.49 Å². The Morgan fingerprint density at radius 3 is 2.68 bits per heavy atom. The summed E-state index contributed by atoms with van der Waals surface area (Å²) in [5, 5.41) is 4.56. The lowest BCUT2D eigenvalue weighted by Crippen LogP contribution is -2.05. The molecule has 0 aliphatic rings. The molecule has 0 fully saturated rings. The van der Waals surface area contributed by atoms with Crippen LogP contribution in [0.5, 0.6) is 5.75 Å². The first-order valence-electron chi connectivity index (χ1n) is 5.35. The van der Waals surface area contributed by atoms with E-state index < -0.39 is 11.6 Å². The van der Waals surface area contributed by atoms with Gasteiger partial charge in [0.1, 0.15) is 6.61 Å². The molecule has 1 aromatic heterocycles. The van der Waals surface area contributed by atoms with Crippen molar-refractivity contribution in [2.45, 2.75) is 13.5 Å². The van der Waals surface area contributed by atoms with Crippen molar-refractivity contribution in [3.05, 3.63) is 44.7 Å². The van der Waals surface area contributed by atoms with E-state index in [1.165, 1.54) is 6.07 Å². The second-order valence-electron chi connectivity index (χ2n) is 3.96. The second kappa shape index (κ2) is 5.46. The smallest absolute Gasteiger partial charge is 0.200 e. The number of aryl methyl sites for hydroxylation is 2. The highest BCUT2D eigenvalue weighted by molar-refractivity contribution is 9.10. The monoisotopic (exact) mass is 350 g/mol. The van der Waals surface area contributed by atoms with Gasteiger partial charge in [0.2, 0.25) is 5.82 Å². The van der Waals surface area contributed by atoms with Crippen LogP contribution < -0.4 is 4.74 Å². The number of aromatic nitrogens is 2. The maximum absolute atomic E-state index is 13.5. The second-order valence-corrected chi connectivity index (χ2v) is 5.25. The SMILES string of the molecule is Cc1nn(C)c(COc2cc(Br)cc(F)c2F)c1Cl. The number of ether oxygens (including phenoxy) is 1. The number of hydrogen-bond donors (Lipinski definition) is 0. The topological polar surface area (TPSA) is 27.1 Å². The molecule has 1 heterocycles. The Morgan fingerprint density at radius 2 is 2.11 bits per heavy atom. The van der Waals surface area contributed by atoms with E-state index >= 15 is 0 Å². The van der Waals surface area contributed by atoms with Gasteiger partial charge in [0.05, 0.1) is 16.4 Å². The Kier molecular flexibility index (Phi) is 4.10. The molecule has 0 aliphatic carbocycles. The molecule has 0 saturated carbocycles. The Morgan fingerprint density at radius 1 is 1.42 bits per heavy atom. The van der Waals surface area contributed by atoms with Gasteiger partial charge in [-0.15, -0.1) is 0 Å². The molecule has 0 aliphatic heterocycles. The van der Waals surface area contributed by atoms with Gasteiger partial charge < -0.3 is 4.74 Å². The van der Waals surface area contributed by atoms with Crippen LogP contribution in [-0.4, -0.2) is 9.78 Å². The number of rotatable bonds is 3. The first kappa shape index (κ1) is 14.3. The van der Waals surface area contributed by atoms with Crippen LogP contribution in [0.1, 0.15) is 11.4 Å². The standard InChI is InChI=1S/C12H10BrClF2N2O/c1-6-11(14)9(18(2)17-6)5-19-10-4-7(13)3-8(15)12(10)16/h3-4H,5H2,1-2H3. The van der Waals surface area contributed by atoms with E-state index in [4.69, 9.17) is 16.3 Å². The van der Waals surface area contributed by atoms with E-state index in [-0.39, 0.29) is 12.4 Å². The van der Waals surface area contributed by atoms with Crippen molar-refractivity contribution >= 4 is 27.5 Å². The summed E-state index contributed by atoms with van der Waals surface area (Å²) in [6.07, 6.45) is 0. The number of halogens is 4. The van der Waals surface area contributed by atoms with Gasteiger partial charge in [-0.1, -0.05) is 27.5 Å². The molecule has 1 aromatic carbocycles. The minimum atomic E-state index is -1.03. The minimum Gasteiger partial charge on any atom is -0.484 e. The van der Waals surface area contributed by atoms with Gasteiger partial charge in [0.25, 0.3) is 0 Å². The molecule has 0 bridgehead atoms. The molecule has 0 saturated heterocycles. The van der Waals surface area contributed by atoms with E-state index in [0.29, 0.717) is 20.9 Å². The molecular weight excluding hydrogens is 341 g/mol. The number of hydrogen-bond acceptors (Lipinski definition) is 2. The fourth-order valence-electron chi connectivity index (χ4n) is 1.62. The summed E-state index contributed by atoms with van der Waals surface area (Å²) in [5.41, 5.74) is 1.25. The van der Waals surface area contributed by atoms with Gasteiger partial charge in [-0.05, 0) is 19.1 Å². The van der Waals surface area contributed by atoms with E-state index in [0.717, 1.165) is 6.07 Å². The van der Waals surface area contributed by atoms with Crippen molar-refractivity contribution in [2.24, 2.45) is 7.05 Å². The van der Waals surface area contributed by atoms with Crippen molar-refractivity contribution in [1.82, 2.24) is 9.78 Å². The van der Waals surface area contributed by atoms with E-state index in [1.807, 2.05) is 0 Å². The molecule has 102 valence electrons. The Balaban J connectivity index is 2.24. The van der Waals surface area contributed by atoms with E-state index in [2.05, 4.69) is 21.0 Å². The lowest BCUT2D eigenvalue weighted by atomic mass is 10.3. The largest absolute Gasteiger partial charge is 0.484 e. The number of benzene rings is 1. The minimum absolute atomic E-state index is 0.00296. The van der Waals surface area contributed by atoms with Gasteiger partial charge in [0, 0.05) is 11.5 Å². The Bertz CT molecular complexity index is 631. The van der Waals surface area contributed by atoms with Gasteiger partial charge in [-0.3, -0.25) is 4.68 Å². The summed E-state index contributed by atoms with van der Waals surface area (Å²) in [6, 6.07) is 2.39. The molecule has 7 heteroatoms. The van der Waals surface area contributed by atoms with Crippen molar-refractivity contribution in [3.63, 3.8) is 0 Å². The number of nitrogens with zero attached hydrogens (tertiary/aromatic N) is 2. The predicted molar refractivity (Wildman–Crippen MR) is 71.3 cm³/mol. The third kappa shape index (κ3) is 2.90. The molecule has 0 unspecified atom stereocenters. The molecular formula is C12H10BrClF2N2O. The maximum atomic E-state index is 13.5. The van der Waals surface area contributed by atoms with Crippen molar-refractivity contribution in [2.75, 3.05) is 0 Å². The summed E-state index contributed by atoms with van der Waals surface area (Å²) < 4.78 is 33.9. The lowest BCUT2D eigenvalue weighted by Gasteiger charge is -2.09. The third-order valence-corrected chi connectivity index (χ3v) is 3.54. The zero-order chi connectivity index (χ0) is 14.2. The predicted octanol–water partition coefficient (Wildman–Crippen LogP) is 4.00. The normalized spacial score (nSPS) is 10.8. The van der Waals surface area contributed by atoms with E-state index in [9.17, 15) is 8.78 Å². The zero-order valence-electron chi connectivity index (χ0n) is 10.2. The molecule has 2 aromatic rings. The Hall–Kier alpha value is -1.14. The van der Waals surface area contributed by atoms with Crippen LogP contribution in [0, 0.1) is 18.6 Å². The van der Waals surface area contributed by atoms with Gasteiger partial charge in [-0.25, -0.2) is 4.39 Å². The fraction of sp³-hybridized carbons (Fsp3) is 0.250. The highest BCUT2D eigenvalue weighted by Gasteiger charge is 2.15. The van der Waals surface area contributed by atoms with Crippen LogP contribution in [-0.2, 0) is 13.7 Å². The summed E-state index contributed by atoms with van der Waals surface area (Å²) >= 11 is 9.12. The van der Waals surface area contributed by atoms with Crippen molar-refractivity contribution in [1.29, 1.82) is 0 Å². The molecule has 3 nitrogen and oxygen atoms in total. The van der Waals surface area contributed by atoms with Gasteiger partial charge in [0.15, 0.2) is 11.6 Å². The Labute approximate surface area is 122 Å².